The smallest absolute Gasteiger partial charge is 0.340 e. The Morgan fingerprint density at radius 1 is 1.03 bits per heavy atom. The summed E-state index contributed by atoms with van der Waals surface area (Å²) in [6, 6.07) is 10.6. The number of piperidine rings is 1. The summed E-state index contributed by atoms with van der Waals surface area (Å²) < 4.78 is 42.4. The highest BCUT2D eigenvalue weighted by Crippen LogP contribution is 2.34. The van der Waals surface area contributed by atoms with Gasteiger partial charge in [0.1, 0.15) is 0 Å². The fraction of sp³-hybridized carbons (Fsp3) is 0.348. The van der Waals surface area contributed by atoms with E-state index in [4.69, 9.17) is 19.5 Å². The van der Waals surface area contributed by atoms with E-state index >= 15 is 0 Å². The molecule has 1 aliphatic heterocycles. The SMILES string of the molecule is COC(=O)c1cc(OC)c(OC)cc1NC(=O)C1CCN(S(=O)(=O)c2ccc(C#N)cc2)CC1. The van der Waals surface area contributed by atoms with E-state index in [0.717, 1.165) is 0 Å². The van der Waals surface area contributed by atoms with Crippen LogP contribution in [0, 0.1) is 17.2 Å². The number of nitrogens with one attached hydrogen (secondary N) is 1. The third kappa shape index (κ3) is 5.13. The predicted octanol–water partition coefficient (Wildman–Crippen LogP) is 2.40. The largest absolute Gasteiger partial charge is 0.493 e. The minimum absolute atomic E-state index is 0.0995. The molecule has 2 aromatic carbocycles. The maximum Gasteiger partial charge on any atom is 0.340 e. The van der Waals surface area contributed by atoms with Crippen LogP contribution in [-0.2, 0) is 19.6 Å². The van der Waals surface area contributed by atoms with Gasteiger partial charge >= 0.3 is 5.97 Å². The molecule has 0 saturated carbocycles. The fourth-order valence-corrected chi connectivity index (χ4v) is 5.17. The number of nitrogens with zero attached hydrogens (tertiary/aromatic N) is 2. The van der Waals surface area contributed by atoms with Crippen molar-refractivity contribution in [1.29, 1.82) is 5.26 Å². The van der Waals surface area contributed by atoms with Gasteiger partial charge in [-0.15, -0.1) is 0 Å². The maximum atomic E-state index is 12.9. The quantitative estimate of drug-likeness (QED) is 0.588. The molecule has 0 atom stereocenters. The second-order valence-corrected chi connectivity index (χ2v) is 9.49. The maximum absolute atomic E-state index is 12.9. The normalized spacial score (nSPS) is 14.6. The summed E-state index contributed by atoms with van der Waals surface area (Å²) in [5.74, 6) is -0.811. The molecule has 11 heteroatoms. The summed E-state index contributed by atoms with van der Waals surface area (Å²) in [6.45, 7) is 0.326. The topological polar surface area (TPSA) is 135 Å². The van der Waals surface area contributed by atoms with Crippen molar-refractivity contribution in [2.45, 2.75) is 17.7 Å². The van der Waals surface area contributed by atoms with E-state index in [2.05, 4.69) is 5.32 Å². The molecule has 10 nitrogen and oxygen atoms in total. The van der Waals surface area contributed by atoms with Gasteiger partial charge in [-0.25, -0.2) is 13.2 Å². The lowest BCUT2D eigenvalue weighted by Crippen LogP contribution is -2.41. The zero-order valence-electron chi connectivity index (χ0n) is 19.0. The van der Waals surface area contributed by atoms with Crippen LogP contribution in [0.5, 0.6) is 11.5 Å². The number of carbonyl (C=O) groups is 2. The lowest BCUT2D eigenvalue weighted by molar-refractivity contribution is -0.120. The number of amides is 1. The molecule has 0 bridgehead atoms. The van der Waals surface area contributed by atoms with Crippen molar-refractivity contribution in [3.63, 3.8) is 0 Å². The Hall–Kier alpha value is -3.62. The van der Waals surface area contributed by atoms with Crippen LogP contribution in [0.25, 0.3) is 0 Å². The first-order valence-electron chi connectivity index (χ1n) is 10.4. The average molecular weight is 488 g/mol. The molecule has 0 unspecified atom stereocenters. The van der Waals surface area contributed by atoms with Gasteiger partial charge in [0.05, 0.1) is 49.1 Å². The van der Waals surface area contributed by atoms with Gasteiger partial charge in [0, 0.05) is 31.1 Å². The first-order chi connectivity index (χ1) is 16.2. The monoisotopic (exact) mass is 487 g/mol. The van der Waals surface area contributed by atoms with Crippen molar-refractivity contribution >= 4 is 27.6 Å². The molecule has 1 heterocycles. The van der Waals surface area contributed by atoms with Crippen LogP contribution in [0.4, 0.5) is 5.69 Å². The summed E-state index contributed by atoms with van der Waals surface area (Å²) in [7, 11) is 0.362. The molecule has 1 amide bonds. The molecular formula is C23H25N3O7S. The van der Waals surface area contributed by atoms with Crippen molar-refractivity contribution in [2.75, 3.05) is 39.7 Å². The highest BCUT2D eigenvalue weighted by Gasteiger charge is 2.32. The number of hydrogen-bond donors (Lipinski definition) is 1. The van der Waals surface area contributed by atoms with Gasteiger partial charge in [-0.2, -0.15) is 9.57 Å². The summed E-state index contributed by atoms with van der Waals surface area (Å²) in [4.78, 5) is 25.3. The molecule has 1 fully saturated rings. The van der Waals surface area contributed by atoms with Gasteiger partial charge in [0.15, 0.2) is 11.5 Å². The Morgan fingerprint density at radius 3 is 2.15 bits per heavy atom. The fourth-order valence-electron chi connectivity index (χ4n) is 3.70. The van der Waals surface area contributed by atoms with Gasteiger partial charge < -0.3 is 19.5 Å². The molecule has 1 aliphatic rings. The van der Waals surface area contributed by atoms with Crippen LogP contribution in [0.1, 0.15) is 28.8 Å². The minimum Gasteiger partial charge on any atom is -0.493 e. The Morgan fingerprint density at radius 2 is 1.62 bits per heavy atom. The van der Waals surface area contributed by atoms with Gasteiger partial charge in [0.25, 0.3) is 0 Å². The first kappa shape index (κ1) is 25.0. The molecule has 1 N–H and O–H groups in total. The van der Waals surface area contributed by atoms with E-state index in [9.17, 15) is 18.0 Å². The van der Waals surface area contributed by atoms with Crippen LogP contribution in [-0.4, -0.2) is 59.0 Å². The number of hydrogen-bond acceptors (Lipinski definition) is 8. The lowest BCUT2D eigenvalue weighted by Gasteiger charge is -2.30. The van der Waals surface area contributed by atoms with E-state index in [1.54, 1.807) is 0 Å². The molecule has 0 spiro atoms. The van der Waals surface area contributed by atoms with E-state index in [-0.39, 0.29) is 35.1 Å². The zero-order valence-corrected chi connectivity index (χ0v) is 19.8. The highest BCUT2D eigenvalue weighted by atomic mass is 32.2. The Kier molecular flexibility index (Phi) is 7.75. The van der Waals surface area contributed by atoms with Gasteiger partial charge in [-0.3, -0.25) is 4.79 Å². The van der Waals surface area contributed by atoms with Crippen molar-refractivity contribution in [3.8, 4) is 17.6 Å². The number of anilines is 1. The summed E-state index contributed by atoms with van der Waals surface area (Å²) in [6.07, 6.45) is 0.615. The van der Waals surface area contributed by atoms with E-state index in [1.165, 1.54) is 62.0 Å². The van der Waals surface area contributed by atoms with Crippen LogP contribution in [0.15, 0.2) is 41.3 Å². The molecule has 0 aromatic heterocycles. The molecule has 0 aliphatic carbocycles. The number of benzene rings is 2. The van der Waals surface area contributed by atoms with E-state index < -0.39 is 21.9 Å². The third-order valence-corrected chi connectivity index (χ3v) is 7.55. The standard InChI is InChI=1S/C23H25N3O7S/c1-31-20-12-18(23(28)33-3)19(13-21(20)32-2)25-22(27)16-8-10-26(11-9-16)34(29,30)17-6-4-15(14-24)5-7-17/h4-7,12-13,16H,8-11H2,1-3H3,(H,25,27). The Bertz CT molecular complexity index is 1210. The second kappa shape index (κ2) is 10.5. The zero-order chi connectivity index (χ0) is 24.9. The van der Waals surface area contributed by atoms with Crippen molar-refractivity contribution in [1.82, 2.24) is 4.31 Å². The predicted molar refractivity (Wildman–Crippen MR) is 122 cm³/mol. The number of methoxy groups -OCH3 is 3. The number of carbonyl (C=O) groups excluding carboxylic acids is 2. The summed E-state index contributed by atoms with van der Waals surface area (Å²) >= 11 is 0. The average Bonchev–Trinajstić information content (AvgIpc) is 2.87. The first-order valence-corrected chi connectivity index (χ1v) is 11.8. The van der Waals surface area contributed by atoms with Crippen molar-refractivity contribution in [3.05, 3.63) is 47.5 Å². The minimum atomic E-state index is -3.73. The lowest BCUT2D eigenvalue weighted by atomic mass is 9.97. The number of sulfonamides is 1. The number of rotatable bonds is 7. The summed E-state index contributed by atoms with van der Waals surface area (Å²) in [5.41, 5.74) is 0.687. The second-order valence-electron chi connectivity index (χ2n) is 7.55. The number of esters is 1. The van der Waals surface area contributed by atoms with Crippen LogP contribution >= 0.6 is 0 Å². The Balaban J connectivity index is 1.72. The van der Waals surface area contributed by atoms with Crippen molar-refractivity contribution in [2.24, 2.45) is 5.92 Å². The highest BCUT2D eigenvalue weighted by molar-refractivity contribution is 7.89. The Labute approximate surface area is 198 Å². The number of nitriles is 1. The molecule has 180 valence electrons. The van der Waals surface area contributed by atoms with Crippen molar-refractivity contribution < 1.29 is 32.2 Å². The number of ether oxygens (including phenoxy) is 3. The van der Waals surface area contributed by atoms with Gasteiger partial charge in [-0.05, 0) is 37.1 Å². The van der Waals surface area contributed by atoms with Crippen LogP contribution in [0.2, 0.25) is 0 Å². The van der Waals surface area contributed by atoms with Crippen LogP contribution in [0.3, 0.4) is 0 Å². The molecule has 0 radical (unpaired) electrons. The van der Waals surface area contributed by atoms with Crippen LogP contribution < -0.4 is 14.8 Å². The van der Waals surface area contributed by atoms with E-state index in [1.807, 2.05) is 6.07 Å². The molecule has 34 heavy (non-hydrogen) atoms. The third-order valence-electron chi connectivity index (χ3n) is 5.63. The molecule has 1 saturated heterocycles. The van der Waals surface area contributed by atoms with E-state index in [0.29, 0.717) is 29.9 Å². The summed E-state index contributed by atoms with van der Waals surface area (Å²) in [5, 5.41) is 11.6. The molecule has 3 rings (SSSR count). The molecule has 2 aromatic rings. The van der Waals surface area contributed by atoms with Gasteiger partial charge in [0.2, 0.25) is 15.9 Å². The molecular weight excluding hydrogens is 462 g/mol. The van der Waals surface area contributed by atoms with Gasteiger partial charge in [-0.1, -0.05) is 0 Å².